The number of esters is 3. The van der Waals surface area contributed by atoms with Crippen LogP contribution in [0.25, 0.3) is 6.08 Å². The van der Waals surface area contributed by atoms with E-state index in [2.05, 4.69) is 14.2 Å². The summed E-state index contributed by atoms with van der Waals surface area (Å²) >= 11 is 0. The predicted octanol–water partition coefficient (Wildman–Crippen LogP) is 1.66. The van der Waals surface area contributed by atoms with Crippen LogP contribution in [0.1, 0.15) is 5.56 Å². The van der Waals surface area contributed by atoms with Gasteiger partial charge >= 0.3 is 17.9 Å². The van der Waals surface area contributed by atoms with Gasteiger partial charge in [-0.2, -0.15) is 0 Å². The molecule has 0 saturated heterocycles. The first-order valence-corrected chi connectivity index (χ1v) is 6.98. The first-order valence-electron chi connectivity index (χ1n) is 6.98. The third kappa shape index (κ3) is 6.09. The molecule has 1 aromatic rings. The Balaban J connectivity index is 3.11. The van der Waals surface area contributed by atoms with Crippen LogP contribution in [0.2, 0.25) is 0 Å². The summed E-state index contributed by atoms with van der Waals surface area (Å²) in [7, 11) is 3.45. The number of carbonyl (C=O) groups is 3. The first kappa shape index (κ1) is 19.9. The number of benzene rings is 1. The zero-order valence-electron chi connectivity index (χ0n) is 13.9. The van der Waals surface area contributed by atoms with E-state index in [1.54, 1.807) is 0 Å². The summed E-state index contributed by atoms with van der Waals surface area (Å²) in [5.41, 5.74) is -0.134. The Labute approximate surface area is 143 Å². The Morgan fingerprint density at radius 3 is 2.24 bits per heavy atom. The summed E-state index contributed by atoms with van der Waals surface area (Å²) in [6.45, 7) is -0.0643. The molecule has 8 heteroatoms. The highest BCUT2D eigenvalue weighted by molar-refractivity contribution is 6.17. The molecule has 0 aliphatic carbocycles. The van der Waals surface area contributed by atoms with Crippen molar-refractivity contribution in [3.05, 3.63) is 47.3 Å². The van der Waals surface area contributed by atoms with Gasteiger partial charge in [-0.15, -0.1) is 0 Å². The van der Waals surface area contributed by atoms with Crippen molar-refractivity contribution in [2.45, 2.75) is 0 Å². The lowest BCUT2D eigenvalue weighted by Crippen LogP contribution is -2.15. The van der Waals surface area contributed by atoms with Gasteiger partial charge in [0.1, 0.15) is 23.7 Å². The van der Waals surface area contributed by atoms with E-state index in [9.17, 15) is 18.8 Å². The second-order valence-electron chi connectivity index (χ2n) is 4.46. The summed E-state index contributed by atoms with van der Waals surface area (Å²) in [4.78, 5) is 34.4. The van der Waals surface area contributed by atoms with Crippen LogP contribution in [0.3, 0.4) is 0 Å². The molecule has 1 aromatic carbocycles. The molecule has 1 rings (SSSR count). The van der Waals surface area contributed by atoms with Crippen molar-refractivity contribution < 1.29 is 37.7 Å². The molecule has 0 aliphatic rings. The van der Waals surface area contributed by atoms with Gasteiger partial charge in [0, 0.05) is 17.7 Å². The average Bonchev–Trinajstić information content (AvgIpc) is 2.62. The van der Waals surface area contributed by atoms with Gasteiger partial charge in [0.15, 0.2) is 0 Å². The van der Waals surface area contributed by atoms with Crippen molar-refractivity contribution in [1.29, 1.82) is 0 Å². The van der Waals surface area contributed by atoms with Gasteiger partial charge < -0.3 is 18.9 Å². The van der Waals surface area contributed by atoms with E-state index in [1.807, 2.05) is 0 Å². The molecule has 0 aromatic heterocycles. The standard InChI is InChI=1S/C17H17FO7/c1-22-15(19)5-4-8-25-14-10-12(18)7-6-11(14)9-13(16(20)23-2)17(21)24-3/h4-7,9-10H,8H2,1-3H3/b5-4+. The molecule has 0 aliphatic heterocycles. The van der Waals surface area contributed by atoms with E-state index in [-0.39, 0.29) is 23.5 Å². The van der Waals surface area contributed by atoms with E-state index in [0.717, 1.165) is 38.5 Å². The van der Waals surface area contributed by atoms with Crippen LogP contribution in [0.15, 0.2) is 35.9 Å². The minimum absolute atomic E-state index is 0.0554. The topological polar surface area (TPSA) is 88.1 Å². The fourth-order valence-electron chi connectivity index (χ4n) is 1.68. The third-order valence-electron chi connectivity index (χ3n) is 2.88. The van der Waals surface area contributed by atoms with Gasteiger partial charge in [-0.1, -0.05) is 0 Å². The fraction of sp³-hybridized carbons (Fsp3) is 0.235. The van der Waals surface area contributed by atoms with Gasteiger partial charge in [0.2, 0.25) is 0 Å². The summed E-state index contributed by atoms with van der Waals surface area (Å²) in [6, 6.07) is 3.53. The molecular formula is C17H17FO7. The molecular weight excluding hydrogens is 335 g/mol. The molecule has 0 amide bonds. The molecule has 0 heterocycles. The van der Waals surface area contributed by atoms with Gasteiger partial charge in [-0.05, 0) is 24.3 Å². The van der Waals surface area contributed by atoms with Crippen molar-refractivity contribution in [2.24, 2.45) is 0 Å². The van der Waals surface area contributed by atoms with Gasteiger partial charge in [0.05, 0.1) is 21.3 Å². The number of methoxy groups -OCH3 is 3. The van der Waals surface area contributed by atoms with Crippen LogP contribution in [-0.4, -0.2) is 45.8 Å². The van der Waals surface area contributed by atoms with Gasteiger partial charge in [0.25, 0.3) is 0 Å². The Morgan fingerprint density at radius 2 is 1.68 bits per heavy atom. The zero-order valence-corrected chi connectivity index (χ0v) is 13.9. The zero-order chi connectivity index (χ0) is 18.8. The van der Waals surface area contributed by atoms with Crippen LogP contribution in [0.5, 0.6) is 5.75 Å². The van der Waals surface area contributed by atoms with Crippen molar-refractivity contribution in [3.63, 3.8) is 0 Å². The molecule has 7 nitrogen and oxygen atoms in total. The number of hydrogen-bond acceptors (Lipinski definition) is 7. The maximum atomic E-state index is 13.5. The van der Waals surface area contributed by atoms with E-state index < -0.39 is 23.7 Å². The number of ether oxygens (including phenoxy) is 4. The maximum Gasteiger partial charge on any atom is 0.345 e. The van der Waals surface area contributed by atoms with Crippen LogP contribution in [-0.2, 0) is 28.6 Å². The average molecular weight is 352 g/mol. The minimum atomic E-state index is -0.910. The molecule has 0 bridgehead atoms. The molecule has 134 valence electrons. The lowest BCUT2D eigenvalue weighted by atomic mass is 10.1. The Bertz CT molecular complexity index is 689. The molecule has 0 unspecified atom stereocenters. The molecule has 0 fully saturated rings. The van der Waals surface area contributed by atoms with E-state index in [4.69, 9.17) is 4.74 Å². The SMILES string of the molecule is COC(=O)/C=C/COc1cc(F)ccc1C=C(C(=O)OC)C(=O)OC. The van der Waals surface area contributed by atoms with Gasteiger partial charge in [-0.3, -0.25) is 0 Å². The Kier molecular flexibility index (Phi) is 7.85. The van der Waals surface area contributed by atoms with Crippen LogP contribution >= 0.6 is 0 Å². The normalized spacial score (nSPS) is 10.1. The van der Waals surface area contributed by atoms with E-state index in [1.165, 1.54) is 19.3 Å². The molecule has 0 N–H and O–H groups in total. The molecule has 0 spiro atoms. The first-order chi connectivity index (χ1) is 11.9. The predicted molar refractivity (Wildman–Crippen MR) is 85.1 cm³/mol. The maximum absolute atomic E-state index is 13.5. The number of hydrogen-bond donors (Lipinski definition) is 0. The van der Waals surface area contributed by atoms with Crippen molar-refractivity contribution in [2.75, 3.05) is 27.9 Å². The summed E-state index contributed by atoms with van der Waals surface area (Å²) < 4.78 is 32.3. The Hall–Kier alpha value is -3.16. The fourth-order valence-corrected chi connectivity index (χ4v) is 1.68. The molecule has 0 atom stereocenters. The second kappa shape index (κ2) is 9.86. The lowest BCUT2D eigenvalue weighted by molar-refractivity contribution is -0.144. The van der Waals surface area contributed by atoms with Crippen molar-refractivity contribution in [1.82, 2.24) is 0 Å². The second-order valence-corrected chi connectivity index (χ2v) is 4.46. The smallest absolute Gasteiger partial charge is 0.345 e. The largest absolute Gasteiger partial charge is 0.489 e. The molecule has 0 radical (unpaired) electrons. The quantitative estimate of drug-likeness (QED) is 0.242. The van der Waals surface area contributed by atoms with Crippen LogP contribution < -0.4 is 4.74 Å². The highest BCUT2D eigenvalue weighted by atomic mass is 19.1. The highest BCUT2D eigenvalue weighted by Gasteiger charge is 2.20. The lowest BCUT2D eigenvalue weighted by Gasteiger charge is -2.09. The highest BCUT2D eigenvalue weighted by Crippen LogP contribution is 2.23. The number of rotatable bonds is 7. The summed E-state index contributed by atoms with van der Waals surface area (Å²) in [5, 5.41) is 0. The van der Waals surface area contributed by atoms with E-state index in [0.29, 0.717) is 0 Å². The Morgan fingerprint density at radius 1 is 1.04 bits per heavy atom. The van der Waals surface area contributed by atoms with Crippen molar-refractivity contribution in [3.8, 4) is 5.75 Å². The van der Waals surface area contributed by atoms with Crippen molar-refractivity contribution >= 4 is 24.0 Å². The molecule has 25 heavy (non-hydrogen) atoms. The number of carbonyl (C=O) groups excluding carboxylic acids is 3. The summed E-state index contributed by atoms with van der Waals surface area (Å²) in [5.74, 6) is -2.91. The summed E-state index contributed by atoms with van der Waals surface area (Å²) in [6.07, 6.45) is 3.67. The van der Waals surface area contributed by atoms with Crippen LogP contribution in [0.4, 0.5) is 4.39 Å². The monoisotopic (exact) mass is 352 g/mol. The van der Waals surface area contributed by atoms with Gasteiger partial charge in [-0.25, -0.2) is 18.8 Å². The molecule has 0 saturated carbocycles. The number of halogens is 1. The van der Waals surface area contributed by atoms with Crippen LogP contribution in [0, 0.1) is 5.82 Å². The third-order valence-corrected chi connectivity index (χ3v) is 2.88. The minimum Gasteiger partial charge on any atom is -0.489 e. The van der Waals surface area contributed by atoms with E-state index >= 15 is 0 Å².